The first kappa shape index (κ1) is 20.9. The number of guanidine groups is 1. The van der Waals surface area contributed by atoms with Crippen molar-refractivity contribution < 1.29 is 13.6 Å². The van der Waals surface area contributed by atoms with Crippen LogP contribution < -0.4 is 5.32 Å². The van der Waals surface area contributed by atoms with E-state index in [1.807, 2.05) is 48.7 Å². The molecule has 6 nitrogen and oxygen atoms in total. The summed E-state index contributed by atoms with van der Waals surface area (Å²) < 4.78 is 19.6. The molecule has 1 amide bonds. The van der Waals surface area contributed by atoms with E-state index in [1.54, 1.807) is 19.4 Å². The van der Waals surface area contributed by atoms with Crippen molar-refractivity contribution in [1.29, 1.82) is 10.7 Å². The molecular weight excluding hydrogens is 439 g/mol. The molecule has 1 aliphatic rings. The highest BCUT2D eigenvalue weighted by atomic mass is 32.1. The number of likely N-dealkylation sites (N-methyl/N-ethyl adjacent to an activating group) is 1. The summed E-state index contributed by atoms with van der Waals surface area (Å²) in [5, 5.41) is 23.6. The molecule has 0 saturated carbocycles. The van der Waals surface area contributed by atoms with Gasteiger partial charge in [0.15, 0.2) is 5.96 Å². The van der Waals surface area contributed by atoms with Crippen molar-refractivity contribution >= 4 is 34.2 Å². The Morgan fingerprint density at radius 3 is 2.82 bits per heavy atom. The van der Waals surface area contributed by atoms with E-state index in [9.17, 15) is 14.4 Å². The monoisotopic (exact) mass is 458 g/mol. The van der Waals surface area contributed by atoms with Crippen LogP contribution in [0.5, 0.6) is 0 Å². The molecule has 4 aromatic rings. The van der Waals surface area contributed by atoms with Crippen LogP contribution in [0.2, 0.25) is 0 Å². The van der Waals surface area contributed by atoms with Crippen molar-refractivity contribution in [3.63, 3.8) is 0 Å². The molecule has 1 saturated heterocycles. The number of carbonyl (C=O) groups excluding carboxylic acids is 1. The van der Waals surface area contributed by atoms with Gasteiger partial charge >= 0.3 is 0 Å². The van der Waals surface area contributed by atoms with Crippen LogP contribution in [-0.2, 0) is 10.3 Å². The van der Waals surface area contributed by atoms with Gasteiger partial charge in [-0.25, -0.2) is 4.39 Å². The summed E-state index contributed by atoms with van der Waals surface area (Å²) in [5.41, 5.74) is 2.09. The van der Waals surface area contributed by atoms with Crippen molar-refractivity contribution in [1.82, 2.24) is 10.2 Å². The van der Waals surface area contributed by atoms with E-state index in [-0.39, 0.29) is 17.4 Å². The Hall–Kier alpha value is -3.96. The first-order chi connectivity index (χ1) is 15.8. The number of benzene rings is 2. The maximum atomic E-state index is 14.0. The Morgan fingerprint density at radius 1 is 1.21 bits per heavy atom. The number of hydrogen-bond acceptors (Lipinski definition) is 5. The molecular formula is C25H19FN4O2S. The van der Waals surface area contributed by atoms with Gasteiger partial charge in [-0.1, -0.05) is 12.1 Å². The summed E-state index contributed by atoms with van der Waals surface area (Å²) >= 11 is 1.42. The molecule has 0 aliphatic carbocycles. The van der Waals surface area contributed by atoms with E-state index in [0.717, 1.165) is 21.4 Å². The lowest BCUT2D eigenvalue weighted by atomic mass is 9.76. The predicted molar refractivity (Wildman–Crippen MR) is 124 cm³/mol. The number of nitrogens with one attached hydrogen (secondary N) is 2. The topological polar surface area (TPSA) is 93.1 Å². The Kier molecular flexibility index (Phi) is 4.80. The van der Waals surface area contributed by atoms with E-state index in [4.69, 9.17) is 9.83 Å². The summed E-state index contributed by atoms with van der Waals surface area (Å²) in [5.74, 6) is -1.31. The molecule has 2 aromatic carbocycles. The SMILES string of the molecule is CN1C(=N)N[C@](C)(c2cc(-c3cc(F)cc(C#N)c3)cs2)C(c2ccc3ccoc3c2)C1=O. The number of amides is 1. The summed E-state index contributed by atoms with van der Waals surface area (Å²) in [6.45, 7) is 1.89. The first-order valence-electron chi connectivity index (χ1n) is 10.2. The van der Waals surface area contributed by atoms with Crippen LogP contribution in [-0.4, -0.2) is 23.8 Å². The molecule has 33 heavy (non-hydrogen) atoms. The van der Waals surface area contributed by atoms with Gasteiger partial charge in [0, 0.05) is 17.3 Å². The number of furan rings is 1. The zero-order valence-electron chi connectivity index (χ0n) is 17.8. The lowest BCUT2D eigenvalue weighted by molar-refractivity contribution is -0.131. The van der Waals surface area contributed by atoms with Crippen LogP contribution in [0.15, 0.2) is 64.6 Å². The molecule has 1 unspecified atom stereocenters. The van der Waals surface area contributed by atoms with Gasteiger partial charge in [0.1, 0.15) is 11.4 Å². The molecule has 3 heterocycles. The quantitative estimate of drug-likeness (QED) is 0.443. The van der Waals surface area contributed by atoms with Gasteiger partial charge in [-0.3, -0.25) is 15.1 Å². The lowest BCUT2D eigenvalue weighted by Crippen LogP contribution is -2.62. The van der Waals surface area contributed by atoms with E-state index < -0.39 is 17.3 Å². The number of rotatable bonds is 3. The van der Waals surface area contributed by atoms with E-state index in [2.05, 4.69) is 5.32 Å². The normalized spacial score (nSPS) is 20.7. The van der Waals surface area contributed by atoms with Gasteiger partial charge in [-0.2, -0.15) is 5.26 Å². The van der Waals surface area contributed by atoms with E-state index in [0.29, 0.717) is 11.1 Å². The third-order valence-corrected chi connectivity index (χ3v) is 7.32. The molecule has 0 spiro atoms. The van der Waals surface area contributed by atoms with Crippen LogP contribution in [0.25, 0.3) is 22.1 Å². The number of fused-ring (bicyclic) bond motifs is 1. The van der Waals surface area contributed by atoms with E-state index >= 15 is 0 Å². The lowest BCUT2D eigenvalue weighted by Gasteiger charge is -2.45. The van der Waals surface area contributed by atoms with Gasteiger partial charge in [0.05, 0.1) is 29.4 Å². The summed E-state index contributed by atoms with van der Waals surface area (Å²) in [7, 11) is 1.58. The first-order valence-corrected chi connectivity index (χ1v) is 11.1. The zero-order valence-corrected chi connectivity index (χ0v) is 18.7. The van der Waals surface area contributed by atoms with Gasteiger partial charge in [0.2, 0.25) is 5.91 Å². The second-order valence-electron chi connectivity index (χ2n) is 8.26. The fourth-order valence-corrected chi connectivity index (χ4v) is 5.43. The average Bonchev–Trinajstić information content (AvgIpc) is 3.47. The largest absolute Gasteiger partial charge is 0.464 e. The Labute approximate surface area is 193 Å². The molecule has 8 heteroatoms. The van der Waals surface area contributed by atoms with Crippen LogP contribution >= 0.6 is 11.3 Å². The third kappa shape index (κ3) is 3.38. The fraction of sp³-hybridized carbons (Fsp3) is 0.160. The number of nitrogens with zero attached hydrogens (tertiary/aromatic N) is 2. The summed E-state index contributed by atoms with van der Waals surface area (Å²) in [4.78, 5) is 15.6. The highest BCUT2D eigenvalue weighted by Crippen LogP contribution is 2.45. The number of hydrogen-bond donors (Lipinski definition) is 2. The molecule has 0 radical (unpaired) electrons. The zero-order chi connectivity index (χ0) is 23.3. The van der Waals surface area contributed by atoms with Gasteiger partial charge in [-0.05, 0) is 65.4 Å². The van der Waals surface area contributed by atoms with Gasteiger partial charge < -0.3 is 9.73 Å². The molecule has 2 N–H and O–H groups in total. The smallest absolute Gasteiger partial charge is 0.239 e. The minimum Gasteiger partial charge on any atom is -0.464 e. The predicted octanol–water partition coefficient (Wildman–Crippen LogP) is 5.17. The minimum atomic E-state index is -0.921. The molecule has 5 rings (SSSR count). The highest BCUT2D eigenvalue weighted by molar-refractivity contribution is 7.10. The van der Waals surface area contributed by atoms with Crippen molar-refractivity contribution in [2.75, 3.05) is 7.05 Å². The fourth-order valence-electron chi connectivity index (χ4n) is 4.36. The molecule has 2 atom stereocenters. The van der Waals surface area contributed by atoms with Crippen molar-refractivity contribution in [3.05, 3.63) is 82.0 Å². The maximum Gasteiger partial charge on any atom is 0.239 e. The Balaban J connectivity index is 1.63. The van der Waals surface area contributed by atoms with Gasteiger partial charge in [0.25, 0.3) is 0 Å². The maximum absolute atomic E-state index is 14.0. The van der Waals surface area contributed by atoms with Crippen LogP contribution in [0.4, 0.5) is 4.39 Å². The Morgan fingerprint density at radius 2 is 2.03 bits per heavy atom. The van der Waals surface area contributed by atoms with Crippen molar-refractivity contribution in [2.24, 2.45) is 0 Å². The second-order valence-corrected chi connectivity index (χ2v) is 9.18. The highest BCUT2D eigenvalue weighted by Gasteiger charge is 2.49. The molecule has 1 fully saturated rings. The number of nitriles is 1. The third-order valence-electron chi connectivity index (χ3n) is 6.15. The number of carbonyl (C=O) groups is 1. The molecule has 1 aliphatic heterocycles. The van der Waals surface area contributed by atoms with Crippen LogP contribution in [0.3, 0.4) is 0 Å². The molecule has 164 valence electrons. The molecule has 0 bridgehead atoms. The van der Waals surface area contributed by atoms with Crippen LogP contribution in [0, 0.1) is 22.6 Å². The summed E-state index contributed by atoms with van der Waals surface area (Å²) in [6.07, 6.45) is 1.61. The minimum absolute atomic E-state index is 0.00491. The van der Waals surface area contributed by atoms with Crippen molar-refractivity contribution in [2.45, 2.75) is 18.4 Å². The summed E-state index contributed by atoms with van der Waals surface area (Å²) in [6, 6.07) is 15.6. The van der Waals surface area contributed by atoms with Crippen molar-refractivity contribution in [3.8, 4) is 17.2 Å². The Bertz CT molecular complexity index is 1470. The number of thiophene rings is 1. The van der Waals surface area contributed by atoms with E-state index in [1.165, 1.54) is 28.4 Å². The second kappa shape index (κ2) is 7.57. The molecule has 2 aromatic heterocycles. The van der Waals surface area contributed by atoms with Crippen LogP contribution in [0.1, 0.15) is 28.8 Å². The standard InChI is InChI=1S/C25H19FN4O2S/c1-25(21-11-18(13-33-21)17-7-14(12-27)8-19(26)9-17)22(23(31)30(2)24(28)29-25)16-4-3-15-5-6-32-20(15)10-16/h3-11,13,22H,1-2H3,(H2,28,29)/t22?,25-/m1/s1. The average molecular weight is 459 g/mol. The van der Waals surface area contributed by atoms with Gasteiger partial charge in [-0.15, -0.1) is 11.3 Å². The number of halogens is 1.